The molecular formula is C51H30N4OS. The predicted octanol–water partition coefficient (Wildman–Crippen LogP) is 13.9. The van der Waals surface area contributed by atoms with Crippen LogP contribution in [0.1, 0.15) is 0 Å². The van der Waals surface area contributed by atoms with E-state index in [9.17, 15) is 0 Å². The number of fused-ring (bicyclic) bond motifs is 10. The SMILES string of the molecule is c1ccc(-c2nc(-c3ccc4c(c3)sc3ccccc34)nc(-c3ccccc3-n3c4ccccc4c4c5oc6c(-c7ccccc7)cccc6c5ccc43)n2)cc1. The molecule has 0 bridgehead atoms. The monoisotopic (exact) mass is 746 g/mol. The molecule has 4 heterocycles. The van der Waals surface area contributed by atoms with E-state index >= 15 is 0 Å². The van der Waals surface area contributed by atoms with Gasteiger partial charge in [-0.1, -0.05) is 140 Å². The zero-order chi connectivity index (χ0) is 37.5. The Kier molecular flexibility index (Phi) is 7.03. The molecule has 12 aromatic rings. The van der Waals surface area contributed by atoms with E-state index in [4.69, 9.17) is 19.4 Å². The largest absolute Gasteiger partial charge is 0.455 e. The van der Waals surface area contributed by atoms with Crippen molar-refractivity contribution < 1.29 is 4.42 Å². The van der Waals surface area contributed by atoms with E-state index < -0.39 is 0 Å². The maximum atomic E-state index is 6.96. The first kappa shape index (κ1) is 31.9. The lowest BCUT2D eigenvalue weighted by Gasteiger charge is -2.14. The maximum Gasteiger partial charge on any atom is 0.166 e. The van der Waals surface area contributed by atoms with Gasteiger partial charge in [-0.25, -0.2) is 15.0 Å². The molecule has 8 aromatic carbocycles. The number of aromatic nitrogens is 4. The van der Waals surface area contributed by atoms with Crippen LogP contribution in [0.4, 0.5) is 0 Å². The highest BCUT2D eigenvalue weighted by atomic mass is 32.1. The topological polar surface area (TPSA) is 56.7 Å². The summed E-state index contributed by atoms with van der Waals surface area (Å²) in [6.07, 6.45) is 0. The smallest absolute Gasteiger partial charge is 0.166 e. The second kappa shape index (κ2) is 12.6. The molecule has 0 radical (unpaired) electrons. The van der Waals surface area contributed by atoms with Gasteiger partial charge in [-0.15, -0.1) is 11.3 Å². The molecule has 4 aromatic heterocycles. The van der Waals surface area contributed by atoms with E-state index in [-0.39, 0.29) is 0 Å². The first-order valence-electron chi connectivity index (χ1n) is 19.0. The van der Waals surface area contributed by atoms with Gasteiger partial charge in [-0.2, -0.15) is 0 Å². The molecule has 0 aliphatic rings. The normalized spacial score (nSPS) is 11.9. The second-order valence-electron chi connectivity index (χ2n) is 14.3. The number of rotatable bonds is 5. The Bertz CT molecular complexity index is 3530. The average Bonchev–Trinajstić information content (AvgIpc) is 3.96. The fourth-order valence-corrected chi connectivity index (χ4v) is 9.62. The Labute approximate surface area is 330 Å². The summed E-state index contributed by atoms with van der Waals surface area (Å²) < 4.78 is 11.8. The van der Waals surface area contributed by atoms with Crippen molar-refractivity contribution in [3.63, 3.8) is 0 Å². The molecule has 6 heteroatoms. The number of furan rings is 1. The lowest BCUT2D eigenvalue weighted by Crippen LogP contribution is -2.03. The minimum Gasteiger partial charge on any atom is -0.455 e. The van der Waals surface area contributed by atoms with Crippen LogP contribution in [-0.2, 0) is 0 Å². The quantitative estimate of drug-likeness (QED) is 0.176. The lowest BCUT2D eigenvalue weighted by molar-refractivity contribution is 0.674. The molecule has 0 saturated heterocycles. The summed E-state index contributed by atoms with van der Waals surface area (Å²) in [5.41, 5.74) is 9.86. The zero-order valence-electron chi connectivity index (χ0n) is 30.4. The van der Waals surface area contributed by atoms with Gasteiger partial charge >= 0.3 is 0 Å². The number of nitrogens with zero attached hydrogens (tertiary/aromatic N) is 4. The summed E-state index contributed by atoms with van der Waals surface area (Å²) in [7, 11) is 0. The van der Waals surface area contributed by atoms with E-state index in [1.807, 2.05) is 24.3 Å². The van der Waals surface area contributed by atoms with Crippen LogP contribution < -0.4 is 0 Å². The summed E-state index contributed by atoms with van der Waals surface area (Å²) >= 11 is 1.79. The van der Waals surface area contributed by atoms with Gasteiger partial charge in [0.2, 0.25) is 0 Å². The highest BCUT2D eigenvalue weighted by Gasteiger charge is 2.23. The van der Waals surface area contributed by atoms with E-state index in [0.717, 1.165) is 77.2 Å². The van der Waals surface area contributed by atoms with Crippen molar-refractivity contribution in [1.29, 1.82) is 0 Å². The molecule has 57 heavy (non-hydrogen) atoms. The fraction of sp³-hybridized carbons (Fsp3) is 0. The summed E-state index contributed by atoms with van der Waals surface area (Å²) in [5, 5.41) is 6.89. The first-order chi connectivity index (χ1) is 28.3. The summed E-state index contributed by atoms with van der Waals surface area (Å²) in [6, 6.07) is 63.6. The van der Waals surface area contributed by atoms with Gasteiger partial charge in [0.15, 0.2) is 17.5 Å². The van der Waals surface area contributed by atoms with Crippen LogP contribution in [0.3, 0.4) is 0 Å². The van der Waals surface area contributed by atoms with Gasteiger partial charge in [-0.05, 0) is 48.0 Å². The van der Waals surface area contributed by atoms with Gasteiger partial charge in [0.25, 0.3) is 0 Å². The molecule has 12 rings (SSSR count). The Morgan fingerprint density at radius 3 is 1.86 bits per heavy atom. The van der Waals surface area contributed by atoms with Crippen LogP contribution in [0.5, 0.6) is 0 Å². The van der Waals surface area contributed by atoms with Crippen molar-refractivity contribution in [3.8, 4) is 51.0 Å². The third kappa shape index (κ3) is 4.98. The number of para-hydroxylation sites is 3. The van der Waals surface area contributed by atoms with Crippen LogP contribution in [0.25, 0.3) is 115 Å². The molecule has 266 valence electrons. The molecule has 0 N–H and O–H groups in total. The van der Waals surface area contributed by atoms with Gasteiger partial charge < -0.3 is 8.98 Å². The molecular weight excluding hydrogens is 717 g/mol. The maximum absolute atomic E-state index is 6.96. The van der Waals surface area contributed by atoms with E-state index in [2.05, 4.69) is 162 Å². The first-order valence-corrected chi connectivity index (χ1v) is 19.8. The predicted molar refractivity (Wildman–Crippen MR) is 236 cm³/mol. The van der Waals surface area contributed by atoms with Crippen LogP contribution in [0, 0.1) is 0 Å². The third-order valence-corrected chi connectivity index (χ3v) is 12.2. The van der Waals surface area contributed by atoms with Crippen LogP contribution in [0.15, 0.2) is 186 Å². The van der Waals surface area contributed by atoms with Gasteiger partial charge in [0.1, 0.15) is 11.2 Å². The second-order valence-corrected chi connectivity index (χ2v) is 15.4. The third-order valence-electron chi connectivity index (χ3n) is 11.1. The Balaban J connectivity index is 1.09. The molecule has 0 spiro atoms. The Morgan fingerprint density at radius 2 is 1.00 bits per heavy atom. The standard InChI is InChI=1S/C51H30N4OS/c1-3-14-31(15-4-1)34-21-13-22-37-38-28-29-43-46(48(38)56-47(34)37)39-19-7-10-23-41(39)55(43)42-24-11-8-20-40(42)51-53-49(32-16-5-2-6-17-32)52-50(54-51)33-26-27-36-35-18-9-12-25-44(35)57-45(36)30-33/h1-30H. The van der Waals surface area contributed by atoms with Gasteiger partial charge in [-0.3, -0.25) is 0 Å². The molecule has 0 saturated carbocycles. The number of benzene rings is 8. The van der Waals surface area contributed by atoms with E-state index in [1.54, 1.807) is 11.3 Å². The van der Waals surface area contributed by atoms with Gasteiger partial charge in [0.05, 0.1) is 22.1 Å². The lowest BCUT2D eigenvalue weighted by atomic mass is 10.0. The summed E-state index contributed by atoms with van der Waals surface area (Å²) in [4.78, 5) is 15.6. The van der Waals surface area contributed by atoms with E-state index in [0.29, 0.717) is 17.5 Å². The van der Waals surface area contributed by atoms with Crippen molar-refractivity contribution >= 4 is 75.3 Å². The number of hydrogen-bond acceptors (Lipinski definition) is 5. The molecule has 0 aliphatic carbocycles. The minimum absolute atomic E-state index is 0.606. The molecule has 5 nitrogen and oxygen atoms in total. The Morgan fingerprint density at radius 1 is 0.386 bits per heavy atom. The van der Waals surface area contributed by atoms with Crippen molar-refractivity contribution in [3.05, 3.63) is 182 Å². The van der Waals surface area contributed by atoms with Crippen molar-refractivity contribution in [2.45, 2.75) is 0 Å². The molecule has 0 unspecified atom stereocenters. The number of hydrogen-bond donors (Lipinski definition) is 0. The van der Waals surface area contributed by atoms with Crippen LogP contribution in [-0.4, -0.2) is 19.5 Å². The fourth-order valence-electron chi connectivity index (χ4n) is 8.48. The van der Waals surface area contributed by atoms with E-state index in [1.165, 1.54) is 20.2 Å². The van der Waals surface area contributed by atoms with Crippen molar-refractivity contribution in [2.75, 3.05) is 0 Å². The van der Waals surface area contributed by atoms with Gasteiger partial charge in [0, 0.05) is 58.6 Å². The molecule has 0 fully saturated rings. The summed E-state index contributed by atoms with van der Waals surface area (Å²) in [5.74, 6) is 1.87. The summed E-state index contributed by atoms with van der Waals surface area (Å²) in [6.45, 7) is 0. The van der Waals surface area contributed by atoms with Crippen LogP contribution in [0.2, 0.25) is 0 Å². The molecule has 0 atom stereocenters. The molecule has 0 amide bonds. The Hall–Kier alpha value is -7.41. The highest BCUT2D eigenvalue weighted by molar-refractivity contribution is 7.25. The van der Waals surface area contributed by atoms with Crippen molar-refractivity contribution in [1.82, 2.24) is 19.5 Å². The highest BCUT2D eigenvalue weighted by Crippen LogP contribution is 2.44. The minimum atomic E-state index is 0.606. The van der Waals surface area contributed by atoms with Crippen LogP contribution >= 0.6 is 11.3 Å². The van der Waals surface area contributed by atoms with Crippen molar-refractivity contribution in [2.24, 2.45) is 0 Å². The number of thiophene rings is 1. The molecule has 0 aliphatic heterocycles. The zero-order valence-corrected chi connectivity index (χ0v) is 31.2. The average molecular weight is 747 g/mol.